The Kier molecular flexibility index (Phi) is 6.50. The first-order chi connectivity index (χ1) is 8.13. The van der Waals surface area contributed by atoms with Crippen molar-refractivity contribution >= 4 is 0 Å². The number of likely N-dealkylation sites (tertiary alicyclic amines) is 1. The van der Waals surface area contributed by atoms with E-state index in [2.05, 4.69) is 25.7 Å². The fourth-order valence-corrected chi connectivity index (χ4v) is 2.97. The van der Waals surface area contributed by atoms with Crippen LogP contribution in [0.5, 0.6) is 0 Å². The van der Waals surface area contributed by atoms with Gasteiger partial charge in [0.15, 0.2) is 0 Å². The van der Waals surface area contributed by atoms with Crippen LogP contribution in [0.2, 0.25) is 0 Å². The Morgan fingerprint density at radius 3 is 2.41 bits per heavy atom. The van der Waals surface area contributed by atoms with E-state index in [0.717, 1.165) is 25.3 Å². The highest BCUT2D eigenvalue weighted by Gasteiger charge is 2.26. The predicted molar refractivity (Wildman–Crippen MR) is 74.2 cm³/mol. The molecular formula is C15H31NO. The molecule has 0 aromatic heterocycles. The lowest BCUT2D eigenvalue weighted by Gasteiger charge is -2.32. The number of nitrogens with zero attached hydrogens (tertiary/aromatic N) is 1. The third-order valence-corrected chi connectivity index (χ3v) is 4.47. The Morgan fingerprint density at radius 1 is 1.12 bits per heavy atom. The molecule has 0 spiro atoms. The van der Waals surface area contributed by atoms with Gasteiger partial charge in [-0.05, 0) is 51.1 Å². The zero-order chi connectivity index (χ0) is 12.7. The molecule has 1 aliphatic heterocycles. The summed E-state index contributed by atoms with van der Waals surface area (Å²) in [7, 11) is 0. The van der Waals surface area contributed by atoms with Gasteiger partial charge in [0, 0.05) is 6.54 Å². The number of hydrogen-bond acceptors (Lipinski definition) is 2. The van der Waals surface area contributed by atoms with E-state index in [-0.39, 0.29) is 0 Å². The minimum Gasteiger partial charge on any atom is -0.389 e. The topological polar surface area (TPSA) is 23.5 Å². The minimum absolute atomic E-state index is 0.454. The molecule has 17 heavy (non-hydrogen) atoms. The second kappa shape index (κ2) is 7.38. The van der Waals surface area contributed by atoms with Crippen molar-refractivity contribution in [3.8, 4) is 0 Å². The summed E-state index contributed by atoms with van der Waals surface area (Å²) < 4.78 is 0. The van der Waals surface area contributed by atoms with Crippen LogP contribution in [0.1, 0.15) is 65.7 Å². The third kappa shape index (κ3) is 4.97. The molecule has 1 aliphatic rings. The van der Waals surface area contributed by atoms with Crippen molar-refractivity contribution < 1.29 is 5.11 Å². The molecule has 1 heterocycles. The summed E-state index contributed by atoms with van der Waals surface area (Å²) >= 11 is 0. The summed E-state index contributed by atoms with van der Waals surface area (Å²) in [6.07, 6.45) is 8.49. The van der Waals surface area contributed by atoms with Gasteiger partial charge >= 0.3 is 0 Å². The van der Waals surface area contributed by atoms with E-state index in [1.54, 1.807) is 0 Å². The Hall–Kier alpha value is -0.0800. The molecule has 0 amide bonds. The maximum atomic E-state index is 10.4. The third-order valence-electron chi connectivity index (χ3n) is 4.47. The van der Waals surface area contributed by atoms with Crippen molar-refractivity contribution in [1.29, 1.82) is 0 Å². The molecule has 1 saturated heterocycles. The number of β-amino-alcohol motifs (C(OH)–C–C–N with tert-alkyl or cyclic N) is 1. The second-order valence-electron chi connectivity index (χ2n) is 5.79. The lowest BCUT2D eigenvalue weighted by Crippen LogP contribution is -2.42. The van der Waals surface area contributed by atoms with Gasteiger partial charge in [-0.1, -0.05) is 33.6 Å². The fourth-order valence-electron chi connectivity index (χ4n) is 2.97. The van der Waals surface area contributed by atoms with Crippen LogP contribution in [0, 0.1) is 5.92 Å². The van der Waals surface area contributed by atoms with Crippen molar-refractivity contribution in [3.05, 3.63) is 0 Å². The number of hydrogen-bond donors (Lipinski definition) is 1. The second-order valence-corrected chi connectivity index (χ2v) is 5.79. The highest BCUT2D eigenvalue weighted by molar-refractivity contribution is 4.81. The molecule has 1 atom stereocenters. The first-order valence-corrected chi connectivity index (χ1v) is 7.58. The van der Waals surface area contributed by atoms with Crippen LogP contribution < -0.4 is 0 Å². The van der Waals surface area contributed by atoms with Crippen LogP contribution in [-0.4, -0.2) is 35.2 Å². The summed E-state index contributed by atoms with van der Waals surface area (Å²) in [5.41, 5.74) is -0.454. The van der Waals surface area contributed by atoms with Crippen molar-refractivity contribution in [2.45, 2.75) is 71.3 Å². The molecule has 1 fully saturated rings. The van der Waals surface area contributed by atoms with Crippen LogP contribution in [0.15, 0.2) is 0 Å². The zero-order valence-corrected chi connectivity index (χ0v) is 12.0. The molecule has 0 aromatic rings. The lowest BCUT2D eigenvalue weighted by molar-refractivity contribution is -0.00277. The smallest absolute Gasteiger partial charge is 0.0768 e. The molecule has 1 N–H and O–H groups in total. The number of aliphatic hydroxyl groups is 1. The van der Waals surface area contributed by atoms with Crippen molar-refractivity contribution in [2.75, 3.05) is 19.6 Å². The Labute approximate surface area is 107 Å². The van der Waals surface area contributed by atoms with E-state index < -0.39 is 5.60 Å². The van der Waals surface area contributed by atoms with Crippen LogP contribution >= 0.6 is 0 Å². The van der Waals surface area contributed by atoms with Crippen LogP contribution in [0.3, 0.4) is 0 Å². The van der Waals surface area contributed by atoms with E-state index in [4.69, 9.17) is 0 Å². The molecule has 0 aromatic carbocycles. The maximum Gasteiger partial charge on any atom is 0.0768 e. The minimum atomic E-state index is -0.454. The van der Waals surface area contributed by atoms with Gasteiger partial charge in [-0.15, -0.1) is 0 Å². The first-order valence-electron chi connectivity index (χ1n) is 7.58. The highest BCUT2D eigenvalue weighted by atomic mass is 16.3. The lowest BCUT2D eigenvalue weighted by atomic mass is 9.95. The van der Waals surface area contributed by atoms with Crippen molar-refractivity contribution in [2.24, 2.45) is 5.92 Å². The summed E-state index contributed by atoms with van der Waals surface area (Å²) in [5, 5.41) is 10.4. The van der Waals surface area contributed by atoms with E-state index >= 15 is 0 Å². The predicted octanol–water partition coefficient (Wildman–Crippen LogP) is 3.44. The summed E-state index contributed by atoms with van der Waals surface area (Å²) in [6, 6.07) is 0. The molecule has 102 valence electrons. The van der Waals surface area contributed by atoms with Gasteiger partial charge in [-0.3, -0.25) is 0 Å². The van der Waals surface area contributed by atoms with Gasteiger partial charge in [-0.25, -0.2) is 0 Å². The molecule has 0 radical (unpaired) electrons. The Morgan fingerprint density at radius 2 is 1.82 bits per heavy atom. The van der Waals surface area contributed by atoms with E-state index in [1.807, 2.05) is 0 Å². The first kappa shape index (κ1) is 15.0. The molecule has 1 unspecified atom stereocenters. The van der Waals surface area contributed by atoms with Crippen LogP contribution in [0.25, 0.3) is 0 Å². The van der Waals surface area contributed by atoms with Crippen molar-refractivity contribution in [1.82, 2.24) is 4.90 Å². The van der Waals surface area contributed by atoms with Gasteiger partial charge in [0.2, 0.25) is 0 Å². The molecule has 0 saturated carbocycles. The maximum absolute atomic E-state index is 10.4. The molecule has 0 bridgehead atoms. The van der Waals surface area contributed by atoms with Gasteiger partial charge in [0.25, 0.3) is 0 Å². The molecule has 0 aliphatic carbocycles. The number of rotatable bonds is 6. The molecular weight excluding hydrogens is 210 g/mol. The van der Waals surface area contributed by atoms with Gasteiger partial charge < -0.3 is 10.0 Å². The highest BCUT2D eigenvalue weighted by Crippen LogP contribution is 2.24. The summed E-state index contributed by atoms with van der Waals surface area (Å²) in [5.74, 6) is 0.932. The van der Waals surface area contributed by atoms with Crippen LogP contribution in [-0.2, 0) is 0 Å². The molecule has 1 rings (SSSR count). The average Bonchev–Trinajstić information content (AvgIpc) is 2.55. The van der Waals surface area contributed by atoms with E-state index in [0.29, 0.717) is 0 Å². The largest absolute Gasteiger partial charge is 0.389 e. The normalized spacial score (nSPS) is 23.6. The van der Waals surface area contributed by atoms with E-state index in [1.165, 1.54) is 45.2 Å². The standard InChI is InChI=1S/C15H31NO/c1-4-8-14-9-7-11-16(12-10-14)13-15(17,5-2)6-3/h14,17H,4-13H2,1-3H3. The van der Waals surface area contributed by atoms with Crippen LogP contribution in [0.4, 0.5) is 0 Å². The molecule has 2 nitrogen and oxygen atoms in total. The Bertz CT molecular complexity index is 201. The zero-order valence-electron chi connectivity index (χ0n) is 12.0. The summed E-state index contributed by atoms with van der Waals surface area (Å²) in [4.78, 5) is 2.49. The van der Waals surface area contributed by atoms with Crippen molar-refractivity contribution in [3.63, 3.8) is 0 Å². The van der Waals surface area contributed by atoms with Gasteiger partial charge in [0.05, 0.1) is 5.60 Å². The fraction of sp³-hybridized carbons (Fsp3) is 1.00. The summed E-state index contributed by atoms with van der Waals surface area (Å²) in [6.45, 7) is 9.73. The van der Waals surface area contributed by atoms with Gasteiger partial charge in [0.1, 0.15) is 0 Å². The monoisotopic (exact) mass is 241 g/mol. The SMILES string of the molecule is CCCC1CCCN(CC(O)(CC)CC)CC1. The van der Waals surface area contributed by atoms with E-state index in [9.17, 15) is 5.11 Å². The van der Waals surface area contributed by atoms with Gasteiger partial charge in [-0.2, -0.15) is 0 Å². The Balaban J connectivity index is 2.40. The quantitative estimate of drug-likeness (QED) is 0.770. The molecule has 2 heteroatoms. The average molecular weight is 241 g/mol.